The van der Waals surface area contributed by atoms with Crippen LogP contribution in [0.3, 0.4) is 0 Å². The van der Waals surface area contributed by atoms with E-state index in [9.17, 15) is 0 Å². The van der Waals surface area contributed by atoms with E-state index in [0.717, 1.165) is 24.1 Å². The number of aryl methyl sites for hydroxylation is 2. The van der Waals surface area contributed by atoms with Gasteiger partial charge in [0.15, 0.2) is 0 Å². The molecular formula is C14H22BrN3. The second-order valence-electron chi connectivity index (χ2n) is 6.05. The third kappa shape index (κ3) is 2.97. The van der Waals surface area contributed by atoms with Crippen LogP contribution in [0.4, 0.5) is 0 Å². The van der Waals surface area contributed by atoms with Gasteiger partial charge in [-0.2, -0.15) is 5.10 Å². The third-order valence-corrected chi connectivity index (χ3v) is 5.09. The van der Waals surface area contributed by atoms with Gasteiger partial charge in [-0.1, -0.05) is 0 Å². The van der Waals surface area contributed by atoms with E-state index in [2.05, 4.69) is 39.9 Å². The van der Waals surface area contributed by atoms with Crippen molar-refractivity contribution < 1.29 is 0 Å². The number of hydrogen-bond acceptors (Lipinski definition) is 2. The molecule has 0 bridgehead atoms. The summed E-state index contributed by atoms with van der Waals surface area (Å²) in [4.78, 5) is 2.65. The molecule has 1 aromatic heterocycles. The molecule has 1 heterocycles. The minimum Gasteiger partial charge on any atom is -0.297 e. The molecule has 0 aliphatic heterocycles. The molecule has 3 nitrogen and oxygen atoms in total. The summed E-state index contributed by atoms with van der Waals surface area (Å²) in [6.45, 7) is 5.69. The van der Waals surface area contributed by atoms with Crippen LogP contribution < -0.4 is 0 Å². The minimum atomic E-state index is 0.969. The van der Waals surface area contributed by atoms with E-state index in [-0.39, 0.29) is 0 Å². The lowest BCUT2D eigenvalue weighted by Gasteiger charge is -2.22. The summed E-state index contributed by atoms with van der Waals surface area (Å²) < 4.78 is 3.23. The van der Waals surface area contributed by atoms with Gasteiger partial charge < -0.3 is 0 Å². The molecule has 18 heavy (non-hydrogen) atoms. The van der Waals surface area contributed by atoms with E-state index < -0.39 is 0 Å². The maximum atomic E-state index is 4.50. The summed E-state index contributed by atoms with van der Waals surface area (Å²) in [5, 5.41) is 4.50. The fourth-order valence-electron chi connectivity index (χ4n) is 2.60. The molecule has 2 aliphatic rings. The first kappa shape index (κ1) is 12.7. The SMILES string of the molecule is Cc1nn(C)c(CN(CC2CC2)CC2CC2)c1Br. The topological polar surface area (TPSA) is 21.1 Å². The van der Waals surface area contributed by atoms with E-state index in [1.54, 1.807) is 0 Å². The van der Waals surface area contributed by atoms with Crippen molar-refractivity contribution in [3.8, 4) is 0 Å². The molecule has 2 saturated carbocycles. The maximum Gasteiger partial charge on any atom is 0.0739 e. The van der Waals surface area contributed by atoms with Crippen LogP contribution in [0.2, 0.25) is 0 Å². The normalized spacial score (nSPS) is 19.8. The van der Waals surface area contributed by atoms with Crippen LogP contribution in [-0.4, -0.2) is 27.8 Å². The third-order valence-electron chi connectivity index (χ3n) is 4.06. The monoisotopic (exact) mass is 311 g/mol. The van der Waals surface area contributed by atoms with Crippen LogP contribution in [0.1, 0.15) is 37.1 Å². The van der Waals surface area contributed by atoms with Crippen molar-refractivity contribution in [2.75, 3.05) is 13.1 Å². The highest BCUT2D eigenvalue weighted by Gasteiger charge is 2.30. The molecule has 100 valence electrons. The average molecular weight is 312 g/mol. The maximum absolute atomic E-state index is 4.50. The Hall–Kier alpha value is -0.350. The Labute approximate surface area is 118 Å². The zero-order chi connectivity index (χ0) is 12.7. The zero-order valence-corrected chi connectivity index (χ0v) is 12.9. The molecule has 0 amide bonds. The lowest BCUT2D eigenvalue weighted by Crippen LogP contribution is -2.29. The summed E-state index contributed by atoms with van der Waals surface area (Å²) in [5.41, 5.74) is 2.43. The Bertz CT molecular complexity index is 418. The standard InChI is InChI=1S/C14H22BrN3/c1-10-14(15)13(17(2)16-10)9-18(7-11-3-4-11)8-12-5-6-12/h11-12H,3-9H2,1-2H3. The van der Waals surface area contributed by atoms with Crippen molar-refractivity contribution in [3.63, 3.8) is 0 Å². The molecule has 2 aliphatic carbocycles. The van der Waals surface area contributed by atoms with Gasteiger partial charge in [-0.15, -0.1) is 0 Å². The van der Waals surface area contributed by atoms with Crippen LogP contribution in [0, 0.1) is 18.8 Å². The molecule has 1 aromatic rings. The summed E-state index contributed by atoms with van der Waals surface area (Å²) >= 11 is 3.68. The van der Waals surface area contributed by atoms with Crippen molar-refractivity contribution >= 4 is 15.9 Å². The molecule has 0 spiro atoms. The number of rotatable bonds is 6. The number of nitrogens with zero attached hydrogens (tertiary/aromatic N) is 3. The van der Waals surface area contributed by atoms with E-state index in [1.165, 1.54) is 48.9 Å². The largest absolute Gasteiger partial charge is 0.297 e. The summed E-state index contributed by atoms with van der Waals surface area (Å²) in [6.07, 6.45) is 5.75. The Kier molecular flexibility index (Phi) is 3.50. The number of hydrogen-bond donors (Lipinski definition) is 0. The molecule has 0 N–H and O–H groups in total. The van der Waals surface area contributed by atoms with E-state index in [4.69, 9.17) is 0 Å². The fraction of sp³-hybridized carbons (Fsp3) is 0.786. The van der Waals surface area contributed by atoms with Crippen LogP contribution in [0.5, 0.6) is 0 Å². The number of aromatic nitrogens is 2. The van der Waals surface area contributed by atoms with Gasteiger partial charge in [-0.25, -0.2) is 0 Å². The summed E-state index contributed by atoms with van der Waals surface area (Å²) in [5.74, 6) is 1.94. The Morgan fingerprint density at radius 2 is 1.78 bits per heavy atom. The molecule has 0 radical (unpaired) electrons. The fourth-order valence-corrected chi connectivity index (χ4v) is 3.06. The highest BCUT2D eigenvalue weighted by atomic mass is 79.9. The zero-order valence-electron chi connectivity index (χ0n) is 11.3. The first-order valence-electron chi connectivity index (χ1n) is 7.04. The first-order chi connectivity index (χ1) is 8.63. The van der Waals surface area contributed by atoms with Gasteiger partial charge in [0.1, 0.15) is 0 Å². The molecule has 0 unspecified atom stereocenters. The van der Waals surface area contributed by atoms with Crippen molar-refractivity contribution in [2.24, 2.45) is 18.9 Å². The van der Waals surface area contributed by atoms with E-state index in [0.29, 0.717) is 0 Å². The summed E-state index contributed by atoms with van der Waals surface area (Å²) in [6, 6.07) is 0. The van der Waals surface area contributed by atoms with Crippen molar-refractivity contribution in [3.05, 3.63) is 15.9 Å². The average Bonchev–Trinajstić information content (AvgIpc) is 3.19. The van der Waals surface area contributed by atoms with Crippen LogP contribution in [0.25, 0.3) is 0 Å². The lowest BCUT2D eigenvalue weighted by molar-refractivity contribution is 0.238. The van der Waals surface area contributed by atoms with Gasteiger partial charge >= 0.3 is 0 Å². The quantitative estimate of drug-likeness (QED) is 0.805. The van der Waals surface area contributed by atoms with E-state index >= 15 is 0 Å². The lowest BCUT2D eigenvalue weighted by atomic mass is 10.2. The van der Waals surface area contributed by atoms with Crippen molar-refractivity contribution in [2.45, 2.75) is 39.2 Å². The number of halogens is 1. The molecule has 4 heteroatoms. The molecule has 3 rings (SSSR count). The predicted octanol–water partition coefficient (Wildman–Crippen LogP) is 3.11. The van der Waals surface area contributed by atoms with E-state index in [1.807, 2.05) is 4.68 Å². The van der Waals surface area contributed by atoms with Crippen LogP contribution in [0.15, 0.2) is 4.47 Å². The Morgan fingerprint density at radius 1 is 1.22 bits per heavy atom. The highest BCUT2D eigenvalue weighted by Crippen LogP contribution is 2.34. The first-order valence-corrected chi connectivity index (χ1v) is 7.83. The Morgan fingerprint density at radius 3 is 2.17 bits per heavy atom. The van der Waals surface area contributed by atoms with Gasteiger partial charge in [-0.05, 0) is 60.4 Å². The van der Waals surface area contributed by atoms with Gasteiger partial charge in [0, 0.05) is 26.7 Å². The smallest absolute Gasteiger partial charge is 0.0739 e. The molecule has 0 saturated heterocycles. The van der Waals surface area contributed by atoms with Gasteiger partial charge in [0.25, 0.3) is 0 Å². The predicted molar refractivity (Wildman–Crippen MR) is 76.4 cm³/mol. The second-order valence-corrected chi connectivity index (χ2v) is 6.84. The van der Waals surface area contributed by atoms with Crippen molar-refractivity contribution in [1.82, 2.24) is 14.7 Å². The van der Waals surface area contributed by atoms with Gasteiger partial charge in [-0.3, -0.25) is 9.58 Å². The molecule has 2 fully saturated rings. The highest BCUT2D eigenvalue weighted by molar-refractivity contribution is 9.10. The molecular weight excluding hydrogens is 290 g/mol. The minimum absolute atomic E-state index is 0.969. The molecule has 0 aromatic carbocycles. The van der Waals surface area contributed by atoms with Crippen LogP contribution >= 0.6 is 15.9 Å². The molecule has 0 atom stereocenters. The second kappa shape index (κ2) is 4.97. The summed E-state index contributed by atoms with van der Waals surface area (Å²) in [7, 11) is 2.06. The van der Waals surface area contributed by atoms with Gasteiger partial charge in [0.2, 0.25) is 0 Å². The Balaban J connectivity index is 1.69. The van der Waals surface area contributed by atoms with Crippen LogP contribution in [-0.2, 0) is 13.6 Å². The van der Waals surface area contributed by atoms with Crippen molar-refractivity contribution in [1.29, 1.82) is 0 Å². The van der Waals surface area contributed by atoms with Gasteiger partial charge in [0.05, 0.1) is 15.9 Å².